The van der Waals surface area contributed by atoms with Crippen LogP contribution in [0.2, 0.25) is 0 Å². The molecule has 4 aromatic rings. The Bertz CT molecular complexity index is 1200. The lowest BCUT2D eigenvalue weighted by molar-refractivity contribution is 0.145. The first-order valence-electron chi connectivity index (χ1n) is 10.9. The summed E-state index contributed by atoms with van der Waals surface area (Å²) >= 11 is 0. The molecular weight excluding hydrogens is 372 g/mol. The Morgan fingerprint density at radius 2 is 1.80 bits per heavy atom. The number of pyridine rings is 1. The van der Waals surface area contributed by atoms with E-state index < -0.39 is 0 Å². The van der Waals surface area contributed by atoms with E-state index in [1.165, 1.54) is 64.3 Å². The lowest BCUT2D eigenvalue weighted by Gasteiger charge is -2.32. The van der Waals surface area contributed by atoms with Crippen LogP contribution in [0.1, 0.15) is 12.0 Å². The molecule has 0 spiro atoms. The molecule has 5 rings (SSSR count). The average Bonchev–Trinajstić information content (AvgIpc) is 3.04. The normalized spacial score (nSPS) is 16.1. The summed E-state index contributed by atoms with van der Waals surface area (Å²) < 4.78 is 8.43. The average molecular weight is 403 g/mol. The number of aromatic nitrogens is 2. The highest BCUT2D eigenvalue weighted by molar-refractivity contribution is 6.14. The van der Waals surface area contributed by atoms with Gasteiger partial charge in [0.1, 0.15) is 5.75 Å². The zero-order valence-corrected chi connectivity index (χ0v) is 18.2. The molecule has 0 atom stereocenters. The molecule has 30 heavy (non-hydrogen) atoms. The fourth-order valence-electron chi connectivity index (χ4n) is 4.83. The first kappa shape index (κ1) is 19.3. The van der Waals surface area contributed by atoms with Crippen molar-refractivity contribution in [3.63, 3.8) is 0 Å². The first-order chi connectivity index (χ1) is 14.6. The smallest absolute Gasteiger partial charge is 0.121 e. The van der Waals surface area contributed by atoms with Crippen molar-refractivity contribution in [1.29, 1.82) is 0 Å². The maximum absolute atomic E-state index is 6.12. The number of fused-ring (bicyclic) bond motifs is 4. The maximum atomic E-state index is 6.12. The number of hydrogen-bond acceptors (Lipinski definition) is 4. The molecule has 0 bridgehead atoms. The van der Waals surface area contributed by atoms with Gasteiger partial charge in [-0.2, -0.15) is 0 Å². The van der Waals surface area contributed by atoms with Crippen LogP contribution in [-0.4, -0.2) is 65.7 Å². The molecule has 5 nitrogen and oxygen atoms in total. The summed E-state index contributed by atoms with van der Waals surface area (Å²) in [7, 11) is 4.35. The molecule has 0 N–H and O–H groups in total. The van der Waals surface area contributed by atoms with E-state index in [1.54, 1.807) is 0 Å². The van der Waals surface area contributed by atoms with Crippen molar-refractivity contribution in [2.24, 2.45) is 7.05 Å². The highest BCUT2D eigenvalue weighted by Crippen LogP contribution is 2.36. The summed E-state index contributed by atoms with van der Waals surface area (Å²) in [6.07, 6.45) is 4.89. The second-order valence-electron chi connectivity index (χ2n) is 8.58. The summed E-state index contributed by atoms with van der Waals surface area (Å²) in [6.45, 7) is 8.76. The molecule has 0 saturated carbocycles. The molecule has 0 radical (unpaired) electrons. The van der Waals surface area contributed by atoms with Crippen LogP contribution in [0.4, 0.5) is 0 Å². The highest BCUT2D eigenvalue weighted by Gasteiger charge is 2.15. The zero-order valence-electron chi connectivity index (χ0n) is 18.2. The molecule has 2 aromatic carbocycles. The number of piperazine rings is 1. The van der Waals surface area contributed by atoms with E-state index in [0.29, 0.717) is 0 Å². The van der Waals surface area contributed by atoms with Crippen LogP contribution in [-0.2, 0) is 7.05 Å². The van der Waals surface area contributed by atoms with E-state index >= 15 is 0 Å². The third kappa shape index (κ3) is 3.42. The van der Waals surface area contributed by atoms with Crippen LogP contribution in [0.5, 0.6) is 5.75 Å². The third-order valence-corrected chi connectivity index (χ3v) is 6.61. The molecule has 0 aliphatic carbocycles. The largest absolute Gasteiger partial charge is 0.493 e. The van der Waals surface area contributed by atoms with Gasteiger partial charge >= 0.3 is 0 Å². The van der Waals surface area contributed by atoms with E-state index in [1.807, 2.05) is 12.4 Å². The Labute approximate surface area is 177 Å². The van der Waals surface area contributed by atoms with E-state index in [2.05, 4.69) is 70.7 Å². The van der Waals surface area contributed by atoms with E-state index in [4.69, 9.17) is 4.74 Å². The molecule has 0 amide bonds. The van der Waals surface area contributed by atoms with Crippen molar-refractivity contribution in [1.82, 2.24) is 19.4 Å². The van der Waals surface area contributed by atoms with Crippen molar-refractivity contribution in [2.45, 2.75) is 13.3 Å². The van der Waals surface area contributed by atoms with Crippen LogP contribution >= 0.6 is 0 Å². The lowest BCUT2D eigenvalue weighted by atomic mass is 10.0. The van der Waals surface area contributed by atoms with Gasteiger partial charge in [0.05, 0.1) is 17.6 Å². The summed E-state index contributed by atoms with van der Waals surface area (Å²) in [4.78, 5) is 9.24. The lowest BCUT2D eigenvalue weighted by Crippen LogP contribution is -2.44. The fraction of sp³-hybridized carbons (Fsp3) is 0.400. The molecular formula is C25H30N4O. The standard InChI is InChI=1S/C25H30N4O/c1-18-21-7-8-26-17-19(21)15-23-22-6-5-20(16-24(22)28(3)25(18)23)30-14-4-9-29-12-10-27(2)11-13-29/h5-8,15-17H,4,9-14H2,1-3H3. The van der Waals surface area contributed by atoms with E-state index in [-0.39, 0.29) is 0 Å². The second kappa shape index (κ2) is 7.89. The minimum absolute atomic E-state index is 0.760. The van der Waals surface area contributed by atoms with Gasteiger partial charge in [0.15, 0.2) is 0 Å². The summed E-state index contributed by atoms with van der Waals surface area (Å²) in [5, 5.41) is 5.02. The van der Waals surface area contributed by atoms with Crippen LogP contribution < -0.4 is 4.74 Å². The van der Waals surface area contributed by atoms with Gasteiger partial charge in [-0.05, 0) is 55.6 Å². The monoisotopic (exact) mass is 402 g/mol. The topological polar surface area (TPSA) is 33.5 Å². The highest BCUT2D eigenvalue weighted by atomic mass is 16.5. The molecule has 1 aliphatic rings. The van der Waals surface area contributed by atoms with Gasteiger partial charge in [-0.15, -0.1) is 0 Å². The predicted molar refractivity (Wildman–Crippen MR) is 125 cm³/mol. The SMILES string of the molecule is Cc1c2ccncc2cc2c3ccc(OCCCN4CCN(C)CC4)cc3n(C)c12. The third-order valence-electron chi connectivity index (χ3n) is 6.61. The van der Waals surface area contributed by atoms with Crippen molar-refractivity contribution in [3.8, 4) is 5.75 Å². The number of hydrogen-bond donors (Lipinski definition) is 0. The molecule has 1 saturated heterocycles. The molecule has 3 heterocycles. The fourth-order valence-corrected chi connectivity index (χ4v) is 4.83. The number of benzene rings is 2. The first-order valence-corrected chi connectivity index (χ1v) is 10.9. The number of nitrogens with zero attached hydrogens (tertiary/aromatic N) is 4. The van der Waals surface area contributed by atoms with Gasteiger partial charge in [0.2, 0.25) is 0 Å². The Hall–Kier alpha value is -2.63. The molecule has 0 unspecified atom stereocenters. The second-order valence-corrected chi connectivity index (χ2v) is 8.58. The quantitative estimate of drug-likeness (QED) is 0.469. The molecule has 2 aromatic heterocycles. The van der Waals surface area contributed by atoms with Crippen LogP contribution in [0, 0.1) is 6.92 Å². The Kier molecular flexibility index (Phi) is 5.09. The van der Waals surface area contributed by atoms with E-state index in [0.717, 1.165) is 25.3 Å². The van der Waals surface area contributed by atoms with Crippen molar-refractivity contribution in [3.05, 3.63) is 48.3 Å². The minimum Gasteiger partial charge on any atom is -0.493 e. The maximum Gasteiger partial charge on any atom is 0.121 e. The van der Waals surface area contributed by atoms with Gasteiger partial charge in [0.25, 0.3) is 0 Å². The molecule has 1 fully saturated rings. The van der Waals surface area contributed by atoms with Crippen molar-refractivity contribution < 1.29 is 4.74 Å². The van der Waals surface area contributed by atoms with Crippen molar-refractivity contribution >= 4 is 32.6 Å². The summed E-state index contributed by atoms with van der Waals surface area (Å²) in [6, 6.07) is 10.9. The van der Waals surface area contributed by atoms with Crippen LogP contribution in [0.25, 0.3) is 32.6 Å². The predicted octanol–water partition coefficient (Wildman–Crippen LogP) is 4.20. The zero-order chi connectivity index (χ0) is 20.7. The Balaban J connectivity index is 1.36. The number of aryl methyl sites for hydroxylation is 2. The van der Waals surface area contributed by atoms with Gasteiger partial charge in [-0.3, -0.25) is 4.98 Å². The number of ether oxygens (including phenoxy) is 1. The van der Waals surface area contributed by atoms with Gasteiger partial charge in [0, 0.05) is 74.4 Å². The summed E-state index contributed by atoms with van der Waals surface area (Å²) in [5.41, 5.74) is 3.81. The number of rotatable bonds is 5. The van der Waals surface area contributed by atoms with Gasteiger partial charge in [-0.25, -0.2) is 0 Å². The van der Waals surface area contributed by atoms with Crippen LogP contribution in [0.15, 0.2) is 42.7 Å². The summed E-state index contributed by atoms with van der Waals surface area (Å²) in [5.74, 6) is 0.954. The number of likely N-dealkylation sites (N-methyl/N-ethyl adjacent to an activating group) is 1. The minimum atomic E-state index is 0.760. The molecule has 156 valence electrons. The van der Waals surface area contributed by atoms with Gasteiger partial charge in [-0.1, -0.05) is 0 Å². The van der Waals surface area contributed by atoms with Crippen LogP contribution in [0.3, 0.4) is 0 Å². The van der Waals surface area contributed by atoms with Crippen molar-refractivity contribution in [2.75, 3.05) is 46.4 Å². The molecule has 1 aliphatic heterocycles. The Morgan fingerprint density at radius 3 is 2.63 bits per heavy atom. The molecule has 5 heteroatoms. The Morgan fingerprint density at radius 1 is 0.967 bits per heavy atom. The van der Waals surface area contributed by atoms with E-state index in [9.17, 15) is 0 Å². The van der Waals surface area contributed by atoms with Gasteiger partial charge < -0.3 is 19.1 Å².